The molecule has 6 nitrogen and oxygen atoms in total. The molecular weight excluding hydrogens is 325 g/mol. The molecule has 1 aromatic carbocycles. The molecule has 0 bridgehead atoms. The smallest absolute Gasteiger partial charge is 0.267 e. The van der Waals surface area contributed by atoms with Crippen molar-refractivity contribution in [1.29, 1.82) is 0 Å². The normalized spacial score (nSPS) is 22.1. The summed E-state index contributed by atoms with van der Waals surface area (Å²) in [6.07, 6.45) is 9.32. The number of hydrogen-bond acceptors (Lipinski definition) is 4. The second kappa shape index (κ2) is 7.23. The predicted octanol–water partition coefficient (Wildman–Crippen LogP) is 1.74. The van der Waals surface area contributed by atoms with E-state index >= 15 is 0 Å². The highest BCUT2D eigenvalue weighted by atomic mass is 19.1. The maximum Gasteiger partial charge on any atom is 0.267 e. The van der Waals surface area contributed by atoms with Gasteiger partial charge in [0.05, 0.1) is 24.8 Å². The van der Waals surface area contributed by atoms with E-state index in [-0.39, 0.29) is 24.3 Å². The van der Waals surface area contributed by atoms with Gasteiger partial charge in [0.15, 0.2) is 0 Å². The number of allylic oxidation sites excluding steroid dienone is 3. The largest absolute Gasteiger partial charge is 0.298 e. The fraction of sp³-hybridized carbons (Fsp3) is 0.167. The molecule has 2 amide bonds. The van der Waals surface area contributed by atoms with E-state index < -0.39 is 11.8 Å². The Morgan fingerprint density at radius 1 is 1.40 bits per heavy atom. The van der Waals surface area contributed by atoms with Crippen LogP contribution in [0.3, 0.4) is 0 Å². The number of amides is 2. The van der Waals surface area contributed by atoms with E-state index in [9.17, 15) is 14.0 Å². The van der Waals surface area contributed by atoms with Crippen LogP contribution in [-0.4, -0.2) is 34.3 Å². The van der Waals surface area contributed by atoms with Gasteiger partial charge in [-0.15, -0.1) is 0 Å². The van der Waals surface area contributed by atoms with Crippen molar-refractivity contribution in [3.8, 4) is 0 Å². The molecule has 0 aromatic heterocycles. The molecule has 2 aliphatic rings. The lowest BCUT2D eigenvalue weighted by molar-refractivity contribution is -0.131. The third-order valence-corrected chi connectivity index (χ3v) is 4.01. The highest BCUT2D eigenvalue weighted by Gasteiger charge is 2.33. The van der Waals surface area contributed by atoms with Gasteiger partial charge in [-0.2, -0.15) is 0 Å². The summed E-state index contributed by atoms with van der Waals surface area (Å²) in [6, 6.07) is 5.97. The summed E-state index contributed by atoms with van der Waals surface area (Å²) in [5, 5.41) is 8.49. The third kappa shape index (κ3) is 3.72. The lowest BCUT2D eigenvalue weighted by atomic mass is 9.89. The zero-order chi connectivity index (χ0) is 17.8. The van der Waals surface area contributed by atoms with Gasteiger partial charge in [0, 0.05) is 11.6 Å². The number of aliphatic imine (C=N–C) groups is 1. The fourth-order valence-corrected chi connectivity index (χ4v) is 2.71. The summed E-state index contributed by atoms with van der Waals surface area (Å²) in [5.41, 5.74) is 2.56. The Balaban J connectivity index is 1.78. The second-order valence-corrected chi connectivity index (χ2v) is 5.67. The molecule has 0 fully saturated rings. The van der Waals surface area contributed by atoms with Gasteiger partial charge >= 0.3 is 0 Å². The van der Waals surface area contributed by atoms with E-state index in [0.29, 0.717) is 11.1 Å². The molecule has 0 saturated carbocycles. The molecule has 1 aromatic rings. The molecule has 2 N–H and O–H groups in total. The van der Waals surface area contributed by atoms with E-state index in [2.05, 4.69) is 4.99 Å². The Labute approximate surface area is 143 Å². The van der Waals surface area contributed by atoms with Gasteiger partial charge in [-0.25, -0.2) is 9.87 Å². The van der Waals surface area contributed by atoms with E-state index in [1.165, 1.54) is 28.9 Å². The molecule has 0 radical (unpaired) electrons. The van der Waals surface area contributed by atoms with Crippen LogP contribution in [0.2, 0.25) is 0 Å². The number of nitrogens with one attached hydrogen (secondary N) is 1. The Kier molecular flexibility index (Phi) is 4.85. The zero-order valence-electron chi connectivity index (χ0n) is 13.2. The van der Waals surface area contributed by atoms with Crippen molar-refractivity contribution >= 4 is 18.2 Å². The highest BCUT2D eigenvalue weighted by Crippen LogP contribution is 2.26. The first kappa shape index (κ1) is 16.8. The number of hydroxylamine groups is 1. The average molecular weight is 341 g/mol. The SMILES string of the molecule is O=C(/C=C/C1=CC2C(=O)N(Cc3ccccc3F)C=NC2C=C1)NO. The van der Waals surface area contributed by atoms with Crippen LogP contribution < -0.4 is 5.48 Å². The van der Waals surface area contributed by atoms with Crippen molar-refractivity contribution in [2.75, 3.05) is 0 Å². The number of nitrogens with zero attached hydrogens (tertiary/aromatic N) is 2. The first-order chi connectivity index (χ1) is 12.1. The van der Waals surface area contributed by atoms with Crippen molar-refractivity contribution in [3.05, 3.63) is 71.6 Å². The van der Waals surface area contributed by atoms with Crippen LogP contribution in [0.15, 0.2) is 65.2 Å². The summed E-state index contributed by atoms with van der Waals surface area (Å²) in [4.78, 5) is 29.5. The molecule has 2 atom stereocenters. The molecule has 1 aliphatic heterocycles. The molecular formula is C18H16FN3O3. The van der Waals surface area contributed by atoms with Gasteiger partial charge in [-0.3, -0.25) is 24.7 Å². The molecule has 1 heterocycles. The molecule has 0 spiro atoms. The van der Waals surface area contributed by atoms with Crippen LogP contribution in [0.5, 0.6) is 0 Å². The minimum absolute atomic E-state index is 0.105. The highest BCUT2D eigenvalue weighted by molar-refractivity contribution is 5.94. The maximum absolute atomic E-state index is 13.8. The number of carbonyl (C=O) groups is 2. The molecule has 128 valence electrons. The maximum atomic E-state index is 13.8. The minimum atomic E-state index is -0.661. The summed E-state index contributed by atoms with van der Waals surface area (Å²) in [6.45, 7) is 0.105. The van der Waals surface area contributed by atoms with E-state index in [1.54, 1.807) is 36.4 Å². The van der Waals surface area contributed by atoms with E-state index in [4.69, 9.17) is 5.21 Å². The summed E-state index contributed by atoms with van der Waals surface area (Å²) in [7, 11) is 0. The predicted molar refractivity (Wildman–Crippen MR) is 89.0 cm³/mol. The summed E-state index contributed by atoms with van der Waals surface area (Å²) < 4.78 is 13.8. The number of rotatable bonds is 4. The molecule has 7 heteroatoms. The van der Waals surface area contributed by atoms with Crippen LogP contribution in [0.4, 0.5) is 4.39 Å². The van der Waals surface area contributed by atoms with Crippen LogP contribution in [0, 0.1) is 11.7 Å². The lowest BCUT2D eigenvalue weighted by Crippen LogP contribution is -2.43. The van der Waals surface area contributed by atoms with Gasteiger partial charge in [0.25, 0.3) is 5.91 Å². The van der Waals surface area contributed by atoms with Crippen LogP contribution in [0.1, 0.15) is 5.56 Å². The molecule has 2 unspecified atom stereocenters. The van der Waals surface area contributed by atoms with Gasteiger partial charge < -0.3 is 0 Å². The zero-order valence-corrected chi connectivity index (χ0v) is 13.2. The number of halogens is 1. The van der Waals surface area contributed by atoms with Crippen molar-refractivity contribution in [2.24, 2.45) is 10.9 Å². The fourth-order valence-electron chi connectivity index (χ4n) is 2.71. The summed E-state index contributed by atoms with van der Waals surface area (Å²) in [5.74, 6) is -1.74. The Hall–Kier alpha value is -3.06. The van der Waals surface area contributed by atoms with Gasteiger partial charge in [-0.05, 0) is 17.7 Å². The Morgan fingerprint density at radius 2 is 2.20 bits per heavy atom. The van der Waals surface area contributed by atoms with Crippen molar-refractivity contribution < 1.29 is 19.2 Å². The monoisotopic (exact) mass is 341 g/mol. The molecule has 3 rings (SSSR count). The van der Waals surface area contributed by atoms with Crippen LogP contribution in [-0.2, 0) is 16.1 Å². The molecule has 0 saturated heterocycles. The van der Waals surface area contributed by atoms with E-state index in [0.717, 1.165) is 6.08 Å². The number of benzene rings is 1. The average Bonchev–Trinajstić information content (AvgIpc) is 2.64. The standard InChI is InChI=1S/C18H16FN3O3/c19-15-4-2-1-3-13(15)10-22-11-20-16-7-5-12(6-8-17(23)21-25)9-14(16)18(22)24/h1-9,11,14,16,25H,10H2,(H,21,23)/b8-6+. The van der Waals surface area contributed by atoms with Gasteiger partial charge in [0.1, 0.15) is 5.82 Å². The quantitative estimate of drug-likeness (QED) is 0.497. The van der Waals surface area contributed by atoms with Crippen molar-refractivity contribution in [3.63, 3.8) is 0 Å². The summed E-state index contributed by atoms with van der Waals surface area (Å²) >= 11 is 0. The third-order valence-electron chi connectivity index (χ3n) is 4.01. The van der Waals surface area contributed by atoms with Crippen LogP contribution in [0.25, 0.3) is 0 Å². The number of carbonyl (C=O) groups excluding carboxylic acids is 2. The second-order valence-electron chi connectivity index (χ2n) is 5.67. The Bertz CT molecular complexity index is 814. The van der Waals surface area contributed by atoms with Crippen molar-refractivity contribution in [1.82, 2.24) is 10.4 Å². The minimum Gasteiger partial charge on any atom is -0.298 e. The number of hydrogen-bond donors (Lipinski definition) is 2. The Morgan fingerprint density at radius 3 is 2.96 bits per heavy atom. The molecule has 25 heavy (non-hydrogen) atoms. The van der Waals surface area contributed by atoms with Gasteiger partial charge in [-0.1, -0.05) is 36.4 Å². The topological polar surface area (TPSA) is 82.0 Å². The molecule has 1 aliphatic carbocycles. The first-order valence-electron chi connectivity index (χ1n) is 7.68. The first-order valence-corrected chi connectivity index (χ1v) is 7.68. The van der Waals surface area contributed by atoms with E-state index in [1.807, 2.05) is 0 Å². The van der Waals surface area contributed by atoms with Gasteiger partial charge in [0.2, 0.25) is 5.91 Å². The van der Waals surface area contributed by atoms with Crippen molar-refractivity contribution in [2.45, 2.75) is 12.6 Å². The number of fused-ring (bicyclic) bond motifs is 1. The van der Waals surface area contributed by atoms with Crippen LogP contribution >= 0.6 is 0 Å². The lowest BCUT2D eigenvalue weighted by Gasteiger charge is -2.31.